The van der Waals surface area contributed by atoms with Crippen molar-refractivity contribution in [2.45, 2.75) is 38.0 Å². The number of primary amides is 1. The largest absolute Gasteiger partial charge is 0.365 e. The molecule has 2 aromatic heterocycles. The molecule has 0 aromatic carbocycles. The molecule has 1 saturated carbocycles. The van der Waals surface area contributed by atoms with Crippen LogP contribution in [-0.2, 0) is 4.79 Å². The van der Waals surface area contributed by atoms with Crippen molar-refractivity contribution in [3.05, 3.63) is 22.8 Å². The van der Waals surface area contributed by atoms with Gasteiger partial charge in [-0.15, -0.1) is 11.3 Å². The van der Waals surface area contributed by atoms with Crippen LogP contribution in [0.3, 0.4) is 0 Å². The van der Waals surface area contributed by atoms with Crippen LogP contribution in [0.1, 0.15) is 53.3 Å². The van der Waals surface area contributed by atoms with Crippen LogP contribution >= 0.6 is 11.3 Å². The van der Waals surface area contributed by atoms with Crippen molar-refractivity contribution < 1.29 is 9.59 Å². The van der Waals surface area contributed by atoms with Crippen LogP contribution in [0.15, 0.2) is 12.4 Å². The summed E-state index contributed by atoms with van der Waals surface area (Å²) in [6.07, 6.45) is 8.45. The van der Waals surface area contributed by atoms with E-state index in [2.05, 4.69) is 9.97 Å². The summed E-state index contributed by atoms with van der Waals surface area (Å²) in [5.41, 5.74) is 7.22. The molecule has 2 aliphatic rings. The fourth-order valence-corrected chi connectivity index (χ4v) is 5.07. The highest BCUT2D eigenvalue weighted by molar-refractivity contribution is 7.20. The Morgan fingerprint density at radius 3 is 2.67 bits per heavy atom. The molecule has 0 bridgehead atoms. The molecule has 2 aromatic rings. The summed E-state index contributed by atoms with van der Waals surface area (Å²) in [7, 11) is 0. The molecule has 4 rings (SSSR count). The minimum absolute atomic E-state index is 0.114. The highest BCUT2D eigenvalue weighted by Gasteiger charge is 2.35. The molecular formula is C17H20N4O2S. The number of thiophene rings is 1. The normalized spacial score (nSPS) is 21.7. The van der Waals surface area contributed by atoms with Gasteiger partial charge in [0.1, 0.15) is 10.3 Å². The Bertz CT molecular complexity index is 797. The summed E-state index contributed by atoms with van der Waals surface area (Å²) in [6, 6.07) is 0. The van der Waals surface area contributed by atoms with Crippen molar-refractivity contribution in [3.63, 3.8) is 0 Å². The summed E-state index contributed by atoms with van der Waals surface area (Å²) < 4.78 is 0. The zero-order valence-electron chi connectivity index (χ0n) is 13.4. The Balaban J connectivity index is 1.63. The summed E-state index contributed by atoms with van der Waals surface area (Å²) in [5, 5.41) is 0. The van der Waals surface area contributed by atoms with E-state index in [1.54, 1.807) is 12.4 Å². The van der Waals surface area contributed by atoms with Crippen LogP contribution in [0, 0.1) is 5.92 Å². The van der Waals surface area contributed by atoms with Gasteiger partial charge in [-0.05, 0) is 19.3 Å². The quantitative estimate of drug-likeness (QED) is 0.925. The number of rotatable bonds is 3. The molecule has 1 aliphatic carbocycles. The van der Waals surface area contributed by atoms with Crippen molar-refractivity contribution in [3.8, 4) is 0 Å². The lowest BCUT2D eigenvalue weighted by molar-refractivity contribution is -0.134. The SMILES string of the molecule is NC(=O)c1sc2nccnc2c1[C@H]1CCN(C(=O)C2CCCC2)C1. The molecule has 6 nitrogen and oxygen atoms in total. The highest BCUT2D eigenvalue weighted by atomic mass is 32.1. The van der Waals surface area contributed by atoms with Gasteiger partial charge in [-0.25, -0.2) is 4.98 Å². The molecule has 0 spiro atoms. The van der Waals surface area contributed by atoms with Gasteiger partial charge in [-0.2, -0.15) is 0 Å². The summed E-state index contributed by atoms with van der Waals surface area (Å²) in [4.78, 5) is 36.5. The Morgan fingerprint density at radius 1 is 1.17 bits per heavy atom. The average Bonchev–Trinajstić information content (AvgIpc) is 3.31. The molecule has 2 amide bonds. The Morgan fingerprint density at radius 2 is 1.92 bits per heavy atom. The minimum Gasteiger partial charge on any atom is -0.365 e. The number of likely N-dealkylation sites (tertiary alicyclic amines) is 1. The minimum atomic E-state index is -0.435. The third-order valence-electron chi connectivity index (χ3n) is 5.20. The molecule has 1 saturated heterocycles. The number of fused-ring (bicyclic) bond motifs is 1. The van der Waals surface area contributed by atoms with E-state index in [0.717, 1.165) is 54.6 Å². The first-order chi connectivity index (χ1) is 11.6. The van der Waals surface area contributed by atoms with E-state index in [4.69, 9.17) is 5.73 Å². The second kappa shape index (κ2) is 6.12. The van der Waals surface area contributed by atoms with Crippen LogP contribution in [0.2, 0.25) is 0 Å². The van der Waals surface area contributed by atoms with Crippen molar-refractivity contribution >= 4 is 33.5 Å². The van der Waals surface area contributed by atoms with Crippen molar-refractivity contribution in [1.82, 2.24) is 14.9 Å². The standard InChI is InChI=1S/C17H20N4O2S/c18-15(22)14-12(13-16(24-14)20-7-6-19-13)11-5-8-21(9-11)17(23)10-3-1-2-4-10/h6-7,10-11H,1-5,8-9H2,(H2,18,22)/t11-/m0/s1. The molecule has 7 heteroatoms. The maximum Gasteiger partial charge on any atom is 0.259 e. The average molecular weight is 344 g/mol. The van der Waals surface area contributed by atoms with Crippen LogP contribution in [0.5, 0.6) is 0 Å². The summed E-state index contributed by atoms with van der Waals surface area (Å²) in [6.45, 7) is 1.40. The van der Waals surface area contributed by atoms with E-state index in [9.17, 15) is 9.59 Å². The molecule has 3 heterocycles. The predicted molar refractivity (Wildman–Crippen MR) is 91.8 cm³/mol. The number of nitrogens with zero attached hydrogens (tertiary/aromatic N) is 3. The molecule has 0 unspecified atom stereocenters. The Hall–Kier alpha value is -2.02. The fraction of sp³-hybridized carbons (Fsp3) is 0.529. The first-order valence-electron chi connectivity index (χ1n) is 8.47. The molecule has 2 N–H and O–H groups in total. The van der Waals surface area contributed by atoms with Gasteiger partial charge < -0.3 is 10.6 Å². The monoisotopic (exact) mass is 344 g/mol. The van der Waals surface area contributed by atoms with Crippen LogP contribution in [0.25, 0.3) is 10.3 Å². The molecule has 0 radical (unpaired) electrons. The number of carbonyl (C=O) groups excluding carboxylic acids is 2. The van der Waals surface area contributed by atoms with E-state index in [1.807, 2.05) is 4.90 Å². The molecule has 2 fully saturated rings. The summed E-state index contributed by atoms with van der Waals surface area (Å²) >= 11 is 1.30. The number of hydrogen-bond acceptors (Lipinski definition) is 5. The van der Waals surface area contributed by atoms with Gasteiger partial charge in [0.05, 0.1) is 4.88 Å². The number of amides is 2. The number of carbonyl (C=O) groups is 2. The highest BCUT2D eigenvalue weighted by Crippen LogP contribution is 2.39. The molecule has 1 aliphatic heterocycles. The van der Waals surface area contributed by atoms with E-state index in [0.29, 0.717) is 11.4 Å². The number of nitrogens with two attached hydrogens (primary N) is 1. The predicted octanol–water partition coefficient (Wildman–Crippen LogP) is 2.30. The maximum absolute atomic E-state index is 12.7. The van der Waals surface area contributed by atoms with E-state index >= 15 is 0 Å². The van der Waals surface area contributed by atoms with Crippen molar-refractivity contribution in [2.75, 3.05) is 13.1 Å². The first-order valence-corrected chi connectivity index (χ1v) is 9.29. The zero-order valence-corrected chi connectivity index (χ0v) is 14.2. The number of hydrogen-bond donors (Lipinski definition) is 1. The lowest BCUT2D eigenvalue weighted by Crippen LogP contribution is -2.33. The van der Waals surface area contributed by atoms with Gasteiger partial charge in [0, 0.05) is 42.9 Å². The van der Waals surface area contributed by atoms with E-state index in [1.165, 1.54) is 11.3 Å². The van der Waals surface area contributed by atoms with Crippen molar-refractivity contribution in [2.24, 2.45) is 11.7 Å². The van der Waals surface area contributed by atoms with Gasteiger partial charge in [0.25, 0.3) is 5.91 Å². The Kier molecular flexibility index (Phi) is 3.96. The van der Waals surface area contributed by atoms with Crippen LogP contribution < -0.4 is 5.73 Å². The van der Waals surface area contributed by atoms with Gasteiger partial charge in [0.15, 0.2) is 0 Å². The zero-order chi connectivity index (χ0) is 16.7. The maximum atomic E-state index is 12.7. The van der Waals surface area contributed by atoms with Gasteiger partial charge in [-0.1, -0.05) is 12.8 Å². The number of aromatic nitrogens is 2. The van der Waals surface area contributed by atoms with Gasteiger partial charge >= 0.3 is 0 Å². The van der Waals surface area contributed by atoms with Gasteiger partial charge in [0.2, 0.25) is 5.91 Å². The fourth-order valence-electron chi connectivity index (χ4n) is 4.03. The molecular weight excluding hydrogens is 324 g/mol. The lowest BCUT2D eigenvalue weighted by Gasteiger charge is -2.20. The second-order valence-corrected chi connectivity index (χ2v) is 7.67. The third-order valence-corrected chi connectivity index (χ3v) is 6.32. The summed E-state index contributed by atoms with van der Waals surface area (Å²) in [5.74, 6) is 0.151. The third kappa shape index (κ3) is 2.56. The van der Waals surface area contributed by atoms with E-state index < -0.39 is 5.91 Å². The topological polar surface area (TPSA) is 89.2 Å². The molecule has 24 heavy (non-hydrogen) atoms. The smallest absolute Gasteiger partial charge is 0.259 e. The molecule has 126 valence electrons. The molecule has 1 atom stereocenters. The van der Waals surface area contributed by atoms with Gasteiger partial charge in [-0.3, -0.25) is 14.6 Å². The van der Waals surface area contributed by atoms with Crippen LogP contribution in [-0.4, -0.2) is 39.8 Å². The van der Waals surface area contributed by atoms with E-state index in [-0.39, 0.29) is 17.7 Å². The lowest BCUT2D eigenvalue weighted by atomic mass is 9.97. The van der Waals surface area contributed by atoms with Crippen LogP contribution in [0.4, 0.5) is 0 Å². The first kappa shape index (κ1) is 15.5. The van der Waals surface area contributed by atoms with Crippen molar-refractivity contribution in [1.29, 1.82) is 0 Å². The second-order valence-electron chi connectivity index (χ2n) is 6.67. The Labute approximate surface area is 144 Å².